The molecule has 0 N–H and O–H groups in total. The molecule has 0 amide bonds. The van der Waals surface area contributed by atoms with Crippen molar-refractivity contribution in [3.05, 3.63) is 83.6 Å². The van der Waals surface area contributed by atoms with E-state index in [1.54, 1.807) is 48.6 Å². The van der Waals surface area contributed by atoms with Gasteiger partial charge in [0.15, 0.2) is 0 Å². The fourth-order valence-electron chi connectivity index (χ4n) is 2.98. The van der Waals surface area contributed by atoms with Gasteiger partial charge in [0.05, 0.1) is 30.7 Å². The molecule has 0 spiro atoms. The summed E-state index contributed by atoms with van der Waals surface area (Å²) in [7, 11) is -1.15. The molecule has 3 rings (SSSR count). The maximum atomic E-state index is 13.4. The topological polar surface area (TPSA) is 72.9 Å². The molecule has 146 valence electrons. The van der Waals surface area contributed by atoms with E-state index in [1.165, 1.54) is 24.7 Å². The third-order valence-electron chi connectivity index (χ3n) is 4.47. The Morgan fingerprint density at radius 1 is 1.04 bits per heavy atom. The number of ether oxygens (including phenoxy) is 2. The second kappa shape index (κ2) is 7.90. The molecule has 28 heavy (non-hydrogen) atoms. The standard InChI is InChI=1S/C21H21NO5S/c1-15-8-11-17(12-9-15)28(24,25)22-14-16(21(23)27-3)10-13-19(22)18-6-4-5-7-20(18)26-2/h4-14,19H,1-3H3. The SMILES string of the molecule is COC(=O)C1=CN(S(=O)(=O)c2ccc(C)cc2)C(c2ccccc2OC)C=C1. The molecule has 0 aromatic heterocycles. The average Bonchev–Trinajstić information content (AvgIpc) is 2.73. The van der Waals surface area contributed by atoms with Crippen LogP contribution in [-0.2, 0) is 19.6 Å². The first-order chi connectivity index (χ1) is 13.4. The van der Waals surface area contributed by atoms with Gasteiger partial charge < -0.3 is 9.47 Å². The molecule has 2 aromatic rings. The Morgan fingerprint density at radius 2 is 1.71 bits per heavy atom. The minimum atomic E-state index is -3.93. The van der Waals surface area contributed by atoms with Crippen LogP contribution in [0, 0.1) is 6.92 Å². The highest BCUT2D eigenvalue weighted by atomic mass is 32.2. The largest absolute Gasteiger partial charge is 0.496 e. The molecular weight excluding hydrogens is 378 g/mol. The number of sulfonamides is 1. The van der Waals surface area contributed by atoms with Crippen molar-refractivity contribution in [1.29, 1.82) is 0 Å². The van der Waals surface area contributed by atoms with Crippen molar-refractivity contribution in [2.75, 3.05) is 14.2 Å². The maximum Gasteiger partial charge on any atom is 0.339 e. The van der Waals surface area contributed by atoms with Crippen molar-refractivity contribution < 1.29 is 22.7 Å². The van der Waals surface area contributed by atoms with Crippen LogP contribution in [0.25, 0.3) is 0 Å². The predicted molar refractivity (Wildman–Crippen MR) is 105 cm³/mol. The lowest BCUT2D eigenvalue weighted by Gasteiger charge is -2.32. The summed E-state index contributed by atoms with van der Waals surface area (Å²) in [6, 6.07) is 13.1. The van der Waals surface area contributed by atoms with Crippen LogP contribution in [0.15, 0.2) is 77.4 Å². The van der Waals surface area contributed by atoms with Crippen molar-refractivity contribution in [3.8, 4) is 5.75 Å². The number of carbonyl (C=O) groups is 1. The van der Waals surface area contributed by atoms with E-state index < -0.39 is 22.0 Å². The van der Waals surface area contributed by atoms with Gasteiger partial charge in [-0.25, -0.2) is 13.2 Å². The normalized spacial score (nSPS) is 16.5. The Hall–Kier alpha value is -3.06. The highest BCUT2D eigenvalue weighted by Gasteiger charge is 2.33. The molecule has 6 nitrogen and oxygen atoms in total. The van der Waals surface area contributed by atoms with E-state index in [0.29, 0.717) is 11.3 Å². The molecule has 1 atom stereocenters. The van der Waals surface area contributed by atoms with Crippen LogP contribution in [0.1, 0.15) is 17.2 Å². The number of carbonyl (C=O) groups excluding carboxylic acids is 1. The molecular formula is C21H21NO5S. The summed E-state index contributed by atoms with van der Waals surface area (Å²) in [4.78, 5) is 12.1. The summed E-state index contributed by atoms with van der Waals surface area (Å²) < 4.78 is 38.1. The number of esters is 1. The minimum absolute atomic E-state index is 0.133. The molecule has 1 aliphatic rings. The quantitative estimate of drug-likeness (QED) is 0.721. The molecule has 2 aromatic carbocycles. The van der Waals surface area contributed by atoms with E-state index in [2.05, 4.69) is 0 Å². The lowest BCUT2D eigenvalue weighted by Crippen LogP contribution is -2.32. The van der Waals surface area contributed by atoms with E-state index in [4.69, 9.17) is 9.47 Å². The summed E-state index contributed by atoms with van der Waals surface area (Å²) in [6.45, 7) is 1.88. The van der Waals surface area contributed by atoms with E-state index in [9.17, 15) is 13.2 Å². The number of aryl methyl sites for hydroxylation is 1. The zero-order valence-electron chi connectivity index (χ0n) is 15.8. The summed E-state index contributed by atoms with van der Waals surface area (Å²) in [5.41, 5.74) is 1.76. The number of para-hydroxylation sites is 1. The van der Waals surface area contributed by atoms with E-state index in [1.807, 2.05) is 19.1 Å². The van der Waals surface area contributed by atoms with Crippen LogP contribution in [0.2, 0.25) is 0 Å². The zero-order chi connectivity index (χ0) is 20.3. The van der Waals surface area contributed by atoms with Gasteiger partial charge in [-0.15, -0.1) is 0 Å². The van der Waals surface area contributed by atoms with Gasteiger partial charge in [0.2, 0.25) is 0 Å². The van der Waals surface area contributed by atoms with Gasteiger partial charge in [-0.3, -0.25) is 4.31 Å². The number of nitrogens with zero attached hydrogens (tertiary/aromatic N) is 1. The van der Waals surface area contributed by atoms with Gasteiger partial charge in [-0.1, -0.05) is 42.0 Å². The molecule has 0 fully saturated rings. The molecule has 0 saturated heterocycles. The Kier molecular flexibility index (Phi) is 5.56. The minimum Gasteiger partial charge on any atom is -0.496 e. The number of benzene rings is 2. The molecule has 1 heterocycles. The Bertz CT molecular complexity index is 1040. The smallest absolute Gasteiger partial charge is 0.339 e. The molecule has 7 heteroatoms. The summed E-state index contributed by atoms with van der Waals surface area (Å²) in [6.07, 6.45) is 4.51. The van der Waals surface area contributed by atoms with E-state index in [-0.39, 0.29) is 10.5 Å². The van der Waals surface area contributed by atoms with Gasteiger partial charge in [0.25, 0.3) is 10.0 Å². The molecule has 1 aliphatic heterocycles. The van der Waals surface area contributed by atoms with Crippen molar-refractivity contribution in [1.82, 2.24) is 4.31 Å². The highest BCUT2D eigenvalue weighted by Crippen LogP contribution is 2.37. The average molecular weight is 399 g/mol. The van der Waals surface area contributed by atoms with Crippen molar-refractivity contribution in [3.63, 3.8) is 0 Å². The second-order valence-electron chi connectivity index (χ2n) is 6.27. The van der Waals surface area contributed by atoms with E-state index >= 15 is 0 Å². The van der Waals surface area contributed by atoms with E-state index in [0.717, 1.165) is 5.56 Å². The second-order valence-corrected chi connectivity index (χ2v) is 8.11. The number of hydrogen-bond donors (Lipinski definition) is 0. The summed E-state index contributed by atoms with van der Waals surface area (Å²) in [5, 5.41) is 0. The van der Waals surface area contributed by atoms with Gasteiger partial charge in [-0.2, -0.15) is 0 Å². The van der Waals surface area contributed by atoms with Crippen LogP contribution in [0.4, 0.5) is 0 Å². The first kappa shape index (κ1) is 19.7. The fourth-order valence-corrected chi connectivity index (χ4v) is 4.44. The van der Waals surface area contributed by atoms with Gasteiger partial charge >= 0.3 is 5.97 Å². The Balaban J connectivity index is 2.15. The van der Waals surface area contributed by atoms with Gasteiger partial charge in [0, 0.05) is 11.8 Å². The van der Waals surface area contributed by atoms with Crippen molar-refractivity contribution >= 4 is 16.0 Å². The third kappa shape index (κ3) is 3.66. The zero-order valence-corrected chi connectivity index (χ0v) is 16.6. The van der Waals surface area contributed by atoms with Crippen LogP contribution >= 0.6 is 0 Å². The molecule has 0 saturated carbocycles. The van der Waals surface area contributed by atoms with Gasteiger partial charge in [0.1, 0.15) is 5.75 Å². The Morgan fingerprint density at radius 3 is 2.36 bits per heavy atom. The lowest BCUT2D eigenvalue weighted by atomic mass is 10.0. The monoisotopic (exact) mass is 399 g/mol. The number of hydrogen-bond acceptors (Lipinski definition) is 5. The summed E-state index contributed by atoms with van der Waals surface area (Å²) >= 11 is 0. The van der Waals surface area contributed by atoms with Crippen LogP contribution in [0.5, 0.6) is 5.75 Å². The fraction of sp³-hybridized carbons (Fsp3) is 0.190. The number of rotatable bonds is 5. The van der Waals surface area contributed by atoms with Crippen molar-refractivity contribution in [2.24, 2.45) is 0 Å². The molecule has 0 radical (unpaired) electrons. The maximum absolute atomic E-state index is 13.4. The van der Waals surface area contributed by atoms with Crippen LogP contribution in [-0.4, -0.2) is 32.9 Å². The predicted octanol–water partition coefficient (Wildman–Crippen LogP) is 3.36. The number of methoxy groups -OCH3 is 2. The first-order valence-corrected chi connectivity index (χ1v) is 10.0. The van der Waals surface area contributed by atoms with Crippen molar-refractivity contribution in [2.45, 2.75) is 17.9 Å². The third-order valence-corrected chi connectivity index (χ3v) is 6.23. The van der Waals surface area contributed by atoms with Crippen LogP contribution < -0.4 is 4.74 Å². The Labute approximate surface area is 164 Å². The summed E-state index contributed by atoms with van der Waals surface area (Å²) in [5.74, 6) is -0.0602. The molecule has 0 aliphatic carbocycles. The van der Waals surface area contributed by atoms with Gasteiger partial charge in [-0.05, 0) is 31.2 Å². The highest BCUT2D eigenvalue weighted by molar-refractivity contribution is 7.89. The molecule has 1 unspecified atom stereocenters. The van der Waals surface area contributed by atoms with Crippen LogP contribution in [0.3, 0.4) is 0 Å². The lowest BCUT2D eigenvalue weighted by molar-refractivity contribution is -0.135. The molecule has 0 bridgehead atoms. The first-order valence-electron chi connectivity index (χ1n) is 8.60.